The van der Waals surface area contributed by atoms with Crippen LogP contribution in [0.2, 0.25) is 0 Å². The van der Waals surface area contributed by atoms with E-state index in [1.165, 1.54) is 0 Å². The fraction of sp³-hybridized carbons (Fsp3) is 0.600. The van der Waals surface area contributed by atoms with E-state index >= 15 is 0 Å². The van der Waals surface area contributed by atoms with E-state index in [0.717, 1.165) is 30.8 Å². The van der Waals surface area contributed by atoms with Crippen molar-refractivity contribution in [3.05, 3.63) is 29.8 Å². The third-order valence-corrected chi connectivity index (χ3v) is 3.48. The standard InChI is InChI=1S/C15H24O2/c1-5-11-17-14-9-7-13(8-10-14)15(4,16)12(3)6-2/h7-10,12,16H,5-6,11H2,1-4H3. The van der Waals surface area contributed by atoms with E-state index in [1.807, 2.05) is 31.2 Å². The van der Waals surface area contributed by atoms with Crippen molar-refractivity contribution in [3.8, 4) is 5.75 Å². The monoisotopic (exact) mass is 236 g/mol. The predicted octanol–water partition coefficient (Wildman–Crippen LogP) is 3.73. The zero-order valence-corrected chi connectivity index (χ0v) is 11.4. The molecule has 0 aliphatic rings. The first-order chi connectivity index (χ1) is 8.02. The van der Waals surface area contributed by atoms with Crippen LogP contribution in [0.15, 0.2) is 24.3 Å². The lowest BCUT2D eigenvalue weighted by atomic mass is 9.82. The molecule has 2 nitrogen and oxygen atoms in total. The summed E-state index contributed by atoms with van der Waals surface area (Å²) < 4.78 is 5.53. The molecule has 17 heavy (non-hydrogen) atoms. The van der Waals surface area contributed by atoms with Crippen LogP contribution in [0.1, 0.15) is 46.1 Å². The SMILES string of the molecule is CCCOc1ccc(C(C)(O)C(C)CC)cc1. The summed E-state index contributed by atoms with van der Waals surface area (Å²) in [6.07, 6.45) is 1.97. The third kappa shape index (κ3) is 3.47. The summed E-state index contributed by atoms with van der Waals surface area (Å²) in [5, 5.41) is 10.5. The summed E-state index contributed by atoms with van der Waals surface area (Å²) in [6, 6.07) is 7.78. The fourth-order valence-electron chi connectivity index (χ4n) is 1.79. The molecule has 0 spiro atoms. The molecule has 0 aliphatic carbocycles. The van der Waals surface area contributed by atoms with Crippen LogP contribution in [-0.2, 0) is 5.60 Å². The van der Waals surface area contributed by atoms with E-state index < -0.39 is 5.60 Å². The molecule has 0 saturated carbocycles. The molecule has 2 heteroatoms. The van der Waals surface area contributed by atoms with Gasteiger partial charge < -0.3 is 9.84 Å². The molecule has 0 aromatic heterocycles. The van der Waals surface area contributed by atoms with Gasteiger partial charge in [-0.1, -0.05) is 39.3 Å². The minimum Gasteiger partial charge on any atom is -0.494 e. The van der Waals surface area contributed by atoms with Gasteiger partial charge in [0.1, 0.15) is 5.75 Å². The number of hydrogen-bond acceptors (Lipinski definition) is 2. The smallest absolute Gasteiger partial charge is 0.119 e. The Morgan fingerprint density at radius 2 is 1.82 bits per heavy atom. The van der Waals surface area contributed by atoms with Gasteiger partial charge in [0.25, 0.3) is 0 Å². The number of ether oxygens (including phenoxy) is 1. The maximum atomic E-state index is 10.5. The van der Waals surface area contributed by atoms with Gasteiger partial charge in [-0.15, -0.1) is 0 Å². The molecule has 0 heterocycles. The maximum Gasteiger partial charge on any atom is 0.119 e. The van der Waals surface area contributed by atoms with Crippen molar-refractivity contribution < 1.29 is 9.84 Å². The molecule has 1 N–H and O–H groups in total. The topological polar surface area (TPSA) is 29.5 Å². The molecule has 96 valence electrons. The van der Waals surface area contributed by atoms with Crippen LogP contribution in [0.25, 0.3) is 0 Å². The van der Waals surface area contributed by atoms with E-state index in [9.17, 15) is 5.11 Å². The highest BCUT2D eigenvalue weighted by molar-refractivity contribution is 5.30. The lowest BCUT2D eigenvalue weighted by Crippen LogP contribution is -2.29. The minimum absolute atomic E-state index is 0.241. The van der Waals surface area contributed by atoms with Crippen LogP contribution in [0.3, 0.4) is 0 Å². The summed E-state index contributed by atoms with van der Waals surface area (Å²) in [5.74, 6) is 1.11. The van der Waals surface area contributed by atoms with E-state index in [1.54, 1.807) is 0 Å². The minimum atomic E-state index is -0.766. The van der Waals surface area contributed by atoms with Crippen LogP contribution >= 0.6 is 0 Å². The molecule has 2 unspecified atom stereocenters. The first-order valence-electron chi connectivity index (χ1n) is 6.48. The molecule has 1 rings (SSSR count). The van der Waals surface area contributed by atoms with E-state index in [4.69, 9.17) is 4.74 Å². The molecular weight excluding hydrogens is 212 g/mol. The molecule has 1 aromatic carbocycles. The van der Waals surface area contributed by atoms with Gasteiger partial charge in [0.15, 0.2) is 0 Å². The lowest BCUT2D eigenvalue weighted by Gasteiger charge is -2.30. The first-order valence-corrected chi connectivity index (χ1v) is 6.48. The zero-order valence-electron chi connectivity index (χ0n) is 11.4. The maximum absolute atomic E-state index is 10.5. The average molecular weight is 236 g/mol. The van der Waals surface area contributed by atoms with Crippen LogP contribution in [-0.4, -0.2) is 11.7 Å². The molecule has 1 aromatic rings. The second-order valence-electron chi connectivity index (χ2n) is 4.83. The van der Waals surface area contributed by atoms with Crippen LogP contribution < -0.4 is 4.74 Å². The van der Waals surface area contributed by atoms with Crippen molar-refractivity contribution in [2.75, 3.05) is 6.61 Å². The van der Waals surface area contributed by atoms with Gasteiger partial charge in [-0.3, -0.25) is 0 Å². The van der Waals surface area contributed by atoms with Gasteiger partial charge >= 0.3 is 0 Å². The summed E-state index contributed by atoms with van der Waals surface area (Å²) in [5.41, 5.74) is 0.189. The Hall–Kier alpha value is -1.02. The Kier molecular flexibility index (Phi) is 5.01. The number of benzene rings is 1. The van der Waals surface area contributed by atoms with Gasteiger partial charge in [0.05, 0.1) is 12.2 Å². The second-order valence-corrected chi connectivity index (χ2v) is 4.83. The molecule has 0 fully saturated rings. The summed E-state index contributed by atoms with van der Waals surface area (Å²) in [6.45, 7) is 8.87. The number of aliphatic hydroxyl groups is 1. The Morgan fingerprint density at radius 1 is 1.24 bits per heavy atom. The Bertz CT molecular complexity index is 327. The van der Waals surface area contributed by atoms with Crippen molar-refractivity contribution >= 4 is 0 Å². The van der Waals surface area contributed by atoms with Crippen molar-refractivity contribution in [3.63, 3.8) is 0 Å². The lowest BCUT2D eigenvalue weighted by molar-refractivity contribution is -0.0000168. The third-order valence-electron chi connectivity index (χ3n) is 3.48. The van der Waals surface area contributed by atoms with Crippen LogP contribution in [0.5, 0.6) is 5.75 Å². The van der Waals surface area contributed by atoms with Gasteiger partial charge in [0, 0.05) is 0 Å². The van der Waals surface area contributed by atoms with Gasteiger partial charge in [-0.25, -0.2) is 0 Å². The molecule has 0 amide bonds. The van der Waals surface area contributed by atoms with Crippen LogP contribution in [0.4, 0.5) is 0 Å². The van der Waals surface area contributed by atoms with Gasteiger partial charge in [-0.2, -0.15) is 0 Å². The van der Waals surface area contributed by atoms with Crippen molar-refractivity contribution in [1.29, 1.82) is 0 Å². The Morgan fingerprint density at radius 3 is 2.29 bits per heavy atom. The van der Waals surface area contributed by atoms with E-state index in [-0.39, 0.29) is 5.92 Å². The Labute approximate surface area is 105 Å². The van der Waals surface area contributed by atoms with Gasteiger partial charge in [-0.05, 0) is 37.0 Å². The molecular formula is C15H24O2. The fourth-order valence-corrected chi connectivity index (χ4v) is 1.79. The highest BCUT2D eigenvalue weighted by Crippen LogP contribution is 2.32. The predicted molar refractivity (Wildman–Crippen MR) is 71.3 cm³/mol. The molecule has 0 aliphatic heterocycles. The highest BCUT2D eigenvalue weighted by atomic mass is 16.5. The zero-order chi connectivity index (χ0) is 12.9. The van der Waals surface area contributed by atoms with Crippen molar-refractivity contribution in [2.45, 2.75) is 46.1 Å². The summed E-state index contributed by atoms with van der Waals surface area (Å²) in [4.78, 5) is 0. The first kappa shape index (κ1) is 14.0. The summed E-state index contributed by atoms with van der Waals surface area (Å²) in [7, 11) is 0. The van der Waals surface area contributed by atoms with E-state index in [0.29, 0.717) is 0 Å². The molecule has 0 bridgehead atoms. The number of rotatable bonds is 6. The largest absolute Gasteiger partial charge is 0.494 e. The quantitative estimate of drug-likeness (QED) is 0.815. The van der Waals surface area contributed by atoms with Crippen LogP contribution in [0, 0.1) is 5.92 Å². The van der Waals surface area contributed by atoms with Gasteiger partial charge in [0.2, 0.25) is 0 Å². The van der Waals surface area contributed by atoms with Crippen molar-refractivity contribution in [1.82, 2.24) is 0 Å². The second kappa shape index (κ2) is 6.06. The van der Waals surface area contributed by atoms with E-state index in [2.05, 4.69) is 20.8 Å². The molecule has 2 atom stereocenters. The average Bonchev–Trinajstić information content (AvgIpc) is 2.35. The normalized spacial score (nSPS) is 16.3. The molecule has 0 radical (unpaired) electrons. The highest BCUT2D eigenvalue weighted by Gasteiger charge is 2.28. The Balaban J connectivity index is 2.79. The van der Waals surface area contributed by atoms with Crippen molar-refractivity contribution in [2.24, 2.45) is 5.92 Å². The molecule has 0 saturated heterocycles. The number of hydrogen-bond donors (Lipinski definition) is 1. The summed E-state index contributed by atoms with van der Waals surface area (Å²) >= 11 is 0.